The van der Waals surface area contributed by atoms with Gasteiger partial charge in [-0.15, -0.1) is 0 Å². The molecule has 0 aromatic heterocycles. The lowest BCUT2D eigenvalue weighted by Gasteiger charge is -2.23. The molecule has 1 heterocycles. The van der Waals surface area contributed by atoms with Gasteiger partial charge in [-0.3, -0.25) is 5.32 Å². The number of hydrogen-bond donors (Lipinski definition) is 2. The molecule has 1 aliphatic heterocycles. The molecular formula is C9H15NO3. The van der Waals surface area contributed by atoms with Crippen LogP contribution in [0.25, 0.3) is 0 Å². The zero-order chi connectivity index (χ0) is 9.26. The molecule has 0 amide bonds. The number of nitrogens with one attached hydrogen (secondary N) is 1. The maximum absolute atomic E-state index is 10.3. The van der Waals surface area contributed by atoms with E-state index in [9.17, 15) is 4.79 Å². The standard InChI is InChI=1S/C9H15NO3/c11-9(12)13-8-5-6-3-1-2-4-7(6)10-8/h6-8,10H,1-5H2,(H,11,12)/t6-,7?,8+/m0/s1. The van der Waals surface area contributed by atoms with Gasteiger partial charge in [-0.2, -0.15) is 0 Å². The number of fused-ring (bicyclic) bond motifs is 1. The summed E-state index contributed by atoms with van der Waals surface area (Å²) in [5.41, 5.74) is 0. The van der Waals surface area contributed by atoms with Gasteiger partial charge in [-0.05, 0) is 18.8 Å². The maximum Gasteiger partial charge on any atom is 0.507 e. The first kappa shape index (κ1) is 8.81. The van der Waals surface area contributed by atoms with Crippen LogP contribution in [0.1, 0.15) is 32.1 Å². The quantitative estimate of drug-likeness (QED) is 0.609. The first-order valence-corrected chi connectivity index (χ1v) is 4.91. The minimum atomic E-state index is -1.17. The lowest BCUT2D eigenvalue weighted by atomic mass is 9.85. The van der Waals surface area contributed by atoms with Gasteiger partial charge in [0.2, 0.25) is 0 Å². The van der Waals surface area contributed by atoms with Crippen LogP contribution in [0.2, 0.25) is 0 Å². The number of ether oxygens (including phenoxy) is 1. The van der Waals surface area contributed by atoms with Crippen LogP contribution in [0.5, 0.6) is 0 Å². The van der Waals surface area contributed by atoms with Crippen LogP contribution in [0.15, 0.2) is 0 Å². The van der Waals surface area contributed by atoms with Crippen molar-refractivity contribution in [2.75, 3.05) is 0 Å². The highest BCUT2D eigenvalue weighted by atomic mass is 16.7. The molecule has 4 nitrogen and oxygen atoms in total. The Hall–Kier alpha value is -0.770. The van der Waals surface area contributed by atoms with E-state index in [4.69, 9.17) is 9.84 Å². The Morgan fingerprint density at radius 3 is 2.85 bits per heavy atom. The summed E-state index contributed by atoms with van der Waals surface area (Å²) in [5, 5.41) is 11.7. The fourth-order valence-corrected chi connectivity index (χ4v) is 2.49. The van der Waals surface area contributed by atoms with Gasteiger partial charge in [-0.1, -0.05) is 12.8 Å². The van der Waals surface area contributed by atoms with Crippen molar-refractivity contribution in [3.63, 3.8) is 0 Å². The van der Waals surface area contributed by atoms with Crippen molar-refractivity contribution < 1.29 is 14.6 Å². The molecule has 4 heteroatoms. The molecule has 3 atom stereocenters. The van der Waals surface area contributed by atoms with E-state index in [1.54, 1.807) is 0 Å². The monoisotopic (exact) mass is 185 g/mol. The molecule has 74 valence electrons. The van der Waals surface area contributed by atoms with Crippen LogP contribution in [-0.4, -0.2) is 23.5 Å². The van der Waals surface area contributed by atoms with E-state index >= 15 is 0 Å². The van der Waals surface area contributed by atoms with E-state index in [1.165, 1.54) is 25.7 Å². The second-order valence-corrected chi connectivity index (χ2v) is 3.93. The third-order valence-corrected chi connectivity index (χ3v) is 3.07. The molecule has 0 spiro atoms. The average Bonchev–Trinajstić information content (AvgIpc) is 2.44. The average molecular weight is 185 g/mol. The molecule has 1 unspecified atom stereocenters. The van der Waals surface area contributed by atoms with E-state index in [-0.39, 0.29) is 6.23 Å². The van der Waals surface area contributed by atoms with Gasteiger partial charge in [0.15, 0.2) is 6.23 Å². The predicted molar refractivity (Wildman–Crippen MR) is 46.4 cm³/mol. The summed E-state index contributed by atoms with van der Waals surface area (Å²) < 4.78 is 4.71. The smallest absolute Gasteiger partial charge is 0.450 e. The normalized spacial score (nSPS) is 38.3. The molecule has 1 saturated carbocycles. The van der Waals surface area contributed by atoms with E-state index in [0.29, 0.717) is 12.0 Å². The highest BCUT2D eigenvalue weighted by Crippen LogP contribution is 2.33. The van der Waals surface area contributed by atoms with Gasteiger partial charge in [0.05, 0.1) is 0 Å². The Kier molecular flexibility index (Phi) is 2.40. The van der Waals surface area contributed by atoms with E-state index < -0.39 is 6.16 Å². The van der Waals surface area contributed by atoms with Crippen LogP contribution in [-0.2, 0) is 4.74 Å². The molecule has 1 saturated heterocycles. The molecule has 2 N–H and O–H groups in total. The van der Waals surface area contributed by atoms with Crippen LogP contribution in [0.3, 0.4) is 0 Å². The highest BCUT2D eigenvalue weighted by Gasteiger charge is 2.36. The predicted octanol–water partition coefficient (Wildman–Crippen LogP) is 1.56. The molecule has 2 fully saturated rings. The van der Waals surface area contributed by atoms with Crippen molar-refractivity contribution in [1.29, 1.82) is 0 Å². The number of carboxylic acid groups (broad SMARTS) is 1. The summed E-state index contributed by atoms with van der Waals surface area (Å²) in [6.45, 7) is 0. The largest absolute Gasteiger partial charge is 0.507 e. The fourth-order valence-electron chi connectivity index (χ4n) is 2.49. The summed E-state index contributed by atoms with van der Waals surface area (Å²) in [7, 11) is 0. The Labute approximate surface area is 77.3 Å². The molecular weight excluding hydrogens is 170 g/mol. The molecule has 0 bridgehead atoms. The van der Waals surface area contributed by atoms with Crippen molar-refractivity contribution in [2.45, 2.75) is 44.4 Å². The zero-order valence-electron chi connectivity index (χ0n) is 7.53. The minimum Gasteiger partial charge on any atom is -0.450 e. The highest BCUT2D eigenvalue weighted by molar-refractivity contribution is 5.57. The molecule has 2 rings (SSSR count). The third kappa shape index (κ3) is 1.94. The number of carbonyl (C=O) groups is 1. The molecule has 2 aliphatic rings. The van der Waals surface area contributed by atoms with Gasteiger partial charge < -0.3 is 9.84 Å². The van der Waals surface area contributed by atoms with Gasteiger partial charge in [0.25, 0.3) is 0 Å². The molecule has 1 aliphatic carbocycles. The van der Waals surface area contributed by atoms with Gasteiger partial charge in [-0.25, -0.2) is 4.79 Å². The van der Waals surface area contributed by atoms with Crippen LogP contribution < -0.4 is 5.32 Å². The number of hydrogen-bond acceptors (Lipinski definition) is 3. The lowest BCUT2D eigenvalue weighted by molar-refractivity contribution is 0.0430. The summed E-state index contributed by atoms with van der Waals surface area (Å²) in [4.78, 5) is 10.3. The Morgan fingerprint density at radius 2 is 2.15 bits per heavy atom. The van der Waals surface area contributed by atoms with Crippen LogP contribution in [0.4, 0.5) is 4.79 Å². The maximum atomic E-state index is 10.3. The first-order chi connectivity index (χ1) is 6.25. The van der Waals surface area contributed by atoms with Gasteiger partial charge in [0, 0.05) is 12.5 Å². The van der Waals surface area contributed by atoms with Gasteiger partial charge in [0.1, 0.15) is 0 Å². The Morgan fingerprint density at radius 1 is 1.38 bits per heavy atom. The molecule has 0 aromatic carbocycles. The van der Waals surface area contributed by atoms with Crippen LogP contribution in [0, 0.1) is 5.92 Å². The summed E-state index contributed by atoms with van der Waals surface area (Å²) >= 11 is 0. The summed E-state index contributed by atoms with van der Waals surface area (Å²) in [6, 6.07) is 0.498. The summed E-state index contributed by atoms with van der Waals surface area (Å²) in [5.74, 6) is 0.637. The molecule has 13 heavy (non-hydrogen) atoms. The second kappa shape index (κ2) is 3.54. The SMILES string of the molecule is O=C(O)O[C@@H]1C[C@@H]2CCCCC2N1. The van der Waals surface area contributed by atoms with Gasteiger partial charge >= 0.3 is 6.16 Å². The van der Waals surface area contributed by atoms with Crippen molar-refractivity contribution in [2.24, 2.45) is 5.92 Å². The zero-order valence-corrected chi connectivity index (χ0v) is 7.53. The summed E-state index contributed by atoms with van der Waals surface area (Å²) in [6.07, 6.45) is 4.36. The Bertz CT molecular complexity index is 193. The Balaban J connectivity index is 1.87. The van der Waals surface area contributed by atoms with Crippen LogP contribution >= 0.6 is 0 Å². The third-order valence-electron chi connectivity index (χ3n) is 3.07. The van der Waals surface area contributed by atoms with Crippen molar-refractivity contribution >= 4 is 6.16 Å². The van der Waals surface area contributed by atoms with Crippen molar-refractivity contribution in [3.05, 3.63) is 0 Å². The lowest BCUT2D eigenvalue weighted by Crippen LogP contribution is -2.35. The van der Waals surface area contributed by atoms with E-state index in [2.05, 4.69) is 5.32 Å². The first-order valence-electron chi connectivity index (χ1n) is 4.91. The molecule has 0 aromatic rings. The fraction of sp³-hybridized carbons (Fsp3) is 0.889. The minimum absolute atomic E-state index is 0.259. The number of rotatable bonds is 1. The topological polar surface area (TPSA) is 58.6 Å². The van der Waals surface area contributed by atoms with Crippen molar-refractivity contribution in [1.82, 2.24) is 5.32 Å². The van der Waals surface area contributed by atoms with Crippen molar-refractivity contribution in [3.8, 4) is 0 Å². The van der Waals surface area contributed by atoms with E-state index in [0.717, 1.165) is 6.42 Å². The molecule has 0 radical (unpaired) electrons. The van der Waals surface area contributed by atoms with E-state index in [1.807, 2.05) is 0 Å². The second-order valence-electron chi connectivity index (χ2n) is 3.93.